The molecule has 0 aliphatic rings. The molecule has 0 fully saturated rings. The van der Waals surface area contributed by atoms with Gasteiger partial charge in [0.2, 0.25) is 5.91 Å². The fourth-order valence-corrected chi connectivity index (χ4v) is 3.53. The van der Waals surface area contributed by atoms with Crippen LogP contribution in [0.5, 0.6) is 0 Å². The van der Waals surface area contributed by atoms with Crippen molar-refractivity contribution in [3.05, 3.63) is 0 Å². The zero-order valence-corrected chi connectivity index (χ0v) is 20.5. The number of carboxylic acids is 2. The standard InChI is InChI=1S/C23H43N3O6.CH4/c1-22(2,3)13-15(11-12-19(28)29)20(30)25-16(21(31)32)9-7-8-10-18(27)17(14-24)26-23(4,5)6;/h15-17,26H,7-14,24H2,1-6H3,(H,25,30)(H,28,29)(H,31,32);1H4/t15-,16?,17+;/m1./s1. The highest BCUT2D eigenvalue weighted by molar-refractivity contribution is 5.85. The Balaban J connectivity index is 0. The number of carbonyl (C=O) groups excluding carboxylic acids is 2. The van der Waals surface area contributed by atoms with Crippen molar-refractivity contribution in [2.75, 3.05) is 6.54 Å². The van der Waals surface area contributed by atoms with Gasteiger partial charge in [-0.1, -0.05) is 34.6 Å². The van der Waals surface area contributed by atoms with Gasteiger partial charge in [0, 0.05) is 30.8 Å². The summed E-state index contributed by atoms with van der Waals surface area (Å²) in [7, 11) is 0. The van der Waals surface area contributed by atoms with Crippen LogP contribution in [0.1, 0.15) is 93.9 Å². The van der Waals surface area contributed by atoms with Crippen molar-refractivity contribution in [1.29, 1.82) is 0 Å². The summed E-state index contributed by atoms with van der Waals surface area (Å²) in [6.07, 6.45) is 1.86. The van der Waals surface area contributed by atoms with E-state index in [0.29, 0.717) is 19.3 Å². The van der Waals surface area contributed by atoms with Crippen LogP contribution in [-0.4, -0.2) is 58.0 Å². The fraction of sp³-hybridized carbons (Fsp3) is 0.833. The number of carbonyl (C=O) groups is 4. The Morgan fingerprint density at radius 3 is 1.88 bits per heavy atom. The Bertz CT molecular complexity index is 637. The molecule has 9 heteroatoms. The summed E-state index contributed by atoms with van der Waals surface area (Å²) >= 11 is 0. The summed E-state index contributed by atoms with van der Waals surface area (Å²) in [5.41, 5.74) is 5.24. The second-order valence-electron chi connectivity index (χ2n) is 10.7. The normalized spacial score (nSPS) is 14.5. The van der Waals surface area contributed by atoms with Crippen LogP contribution in [-0.2, 0) is 19.2 Å². The SMILES string of the molecule is C.CC(C)(C)C[C@@H](CCC(=O)O)C(=O)NC(CCCCC(=O)[C@H](CN)NC(C)(C)C)C(=O)O. The van der Waals surface area contributed by atoms with E-state index in [2.05, 4.69) is 10.6 Å². The van der Waals surface area contributed by atoms with Crippen LogP contribution >= 0.6 is 0 Å². The van der Waals surface area contributed by atoms with E-state index in [4.69, 9.17) is 10.8 Å². The number of carboxylic acid groups (broad SMARTS) is 2. The van der Waals surface area contributed by atoms with Crippen LogP contribution in [0.15, 0.2) is 0 Å². The first kappa shape index (κ1) is 33.2. The number of rotatable bonds is 15. The smallest absolute Gasteiger partial charge is 0.326 e. The number of unbranched alkanes of at least 4 members (excludes halogenated alkanes) is 1. The molecular formula is C24H47N3O6. The molecule has 0 aliphatic heterocycles. The number of hydrogen-bond donors (Lipinski definition) is 5. The molecule has 0 bridgehead atoms. The molecule has 0 saturated carbocycles. The topological polar surface area (TPSA) is 159 Å². The quantitative estimate of drug-likeness (QED) is 0.227. The van der Waals surface area contributed by atoms with E-state index in [9.17, 15) is 24.3 Å². The van der Waals surface area contributed by atoms with Crippen LogP contribution in [0.25, 0.3) is 0 Å². The summed E-state index contributed by atoms with van der Waals surface area (Å²) in [5.74, 6) is -3.18. The van der Waals surface area contributed by atoms with Crippen molar-refractivity contribution in [1.82, 2.24) is 10.6 Å². The average molecular weight is 474 g/mol. The van der Waals surface area contributed by atoms with Gasteiger partial charge in [-0.3, -0.25) is 14.4 Å². The molecule has 0 rings (SSSR count). The zero-order chi connectivity index (χ0) is 25.1. The minimum atomic E-state index is -1.15. The van der Waals surface area contributed by atoms with Gasteiger partial charge in [-0.2, -0.15) is 0 Å². The van der Waals surface area contributed by atoms with Crippen LogP contribution < -0.4 is 16.4 Å². The van der Waals surface area contributed by atoms with Gasteiger partial charge in [0.15, 0.2) is 5.78 Å². The van der Waals surface area contributed by atoms with E-state index in [1.165, 1.54) is 0 Å². The summed E-state index contributed by atoms with van der Waals surface area (Å²) in [6, 6.07) is -1.53. The maximum absolute atomic E-state index is 12.7. The lowest BCUT2D eigenvalue weighted by Gasteiger charge is -2.27. The first-order valence-electron chi connectivity index (χ1n) is 11.3. The minimum Gasteiger partial charge on any atom is -0.481 e. The second-order valence-corrected chi connectivity index (χ2v) is 10.7. The first-order chi connectivity index (χ1) is 14.6. The third kappa shape index (κ3) is 16.3. The van der Waals surface area contributed by atoms with Crippen LogP contribution in [0.2, 0.25) is 0 Å². The number of nitrogens with two attached hydrogens (primary N) is 1. The lowest BCUT2D eigenvalue weighted by Crippen LogP contribution is -2.51. The predicted molar refractivity (Wildman–Crippen MR) is 130 cm³/mol. The van der Waals surface area contributed by atoms with Gasteiger partial charge in [-0.05, 0) is 51.9 Å². The largest absolute Gasteiger partial charge is 0.481 e. The number of Topliss-reactive ketones (excluding diaryl/α,β-unsaturated/α-hetero) is 1. The van der Waals surface area contributed by atoms with Crippen molar-refractivity contribution in [2.24, 2.45) is 17.1 Å². The third-order valence-electron chi connectivity index (χ3n) is 4.95. The molecule has 0 saturated heterocycles. The Morgan fingerprint density at radius 1 is 0.879 bits per heavy atom. The highest BCUT2D eigenvalue weighted by Gasteiger charge is 2.29. The Labute approximate surface area is 199 Å². The third-order valence-corrected chi connectivity index (χ3v) is 4.95. The highest BCUT2D eigenvalue weighted by atomic mass is 16.4. The van der Waals surface area contributed by atoms with Crippen LogP contribution in [0, 0.1) is 11.3 Å². The maximum atomic E-state index is 12.7. The van der Waals surface area contributed by atoms with Gasteiger partial charge in [-0.25, -0.2) is 4.79 Å². The van der Waals surface area contributed by atoms with Crippen molar-refractivity contribution >= 4 is 23.6 Å². The number of aliphatic carboxylic acids is 2. The molecule has 9 nitrogen and oxygen atoms in total. The molecule has 0 aromatic heterocycles. The maximum Gasteiger partial charge on any atom is 0.326 e. The van der Waals surface area contributed by atoms with Crippen molar-refractivity contribution in [2.45, 2.75) is 112 Å². The molecule has 0 aromatic carbocycles. The van der Waals surface area contributed by atoms with Gasteiger partial charge in [0.1, 0.15) is 6.04 Å². The molecule has 194 valence electrons. The van der Waals surface area contributed by atoms with E-state index >= 15 is 0 Å². The van der Waals surface area contributed by atoms with Crippen molar-refractivity contribution in [3.8, 4) is 0 Å². The monoisotopic (exact) mass is 473 g/mol. The lowest BCUT2D eigenvalue weighted by molar-refractivity contribution is -0.143. The lowest BCUT2D eigenvalue weighted by atomic mass is 9.82. The second kappa shape index (κ2) is 15.0. The zero-order valence-electron chi connectivity index (χ0n) is 20.5. The predicted octanol–water partition coefficient (Wildman–Crippen LogP) is 2.95. The number of amides is 1. The molecule has 6 N–H and O–H groups in total. The molecule has 0 heterocycles. The summed E-state index contributed by atoms with van der Waals surface area (Å²) < 4.78 is 0. The van der Waals surface area contributed by atoms with Crippen LogP contribution in [0.3, 0.4) is 0 Å². The Hall–Kier alpha value is -2.00. The highest BCUT2D eigenvalue weighted by Crippen LogP contribution is 2.27. The van der Waals surface area contributed by atoms with Crippen LogP contribution in [0.4, 0.5) is 0 Å². The van der Waals surface area contributed by atoms with E-state index in [0.717, 1.165) is 0 Å². The molecule has 0 aliphatic carbocycles. The summed E-state index contributed by atoms with van der Waals surface area (Å²) in [6.45, 7) is 11.9. The van der Waals surface area contributed by atoms with Crippen molar-refractivity contribution in [3.63, 3.8) is 0 Å². The molecule has 0 radical (unpaired) electrons. The molecule has 1 amide bonds. The van der Waals surface area contributed by atoms with E-state index < -0.39 is 35.8 Å². The molecular weight excluding hydrogens is 426 g/mol. The Morgan fingerprint density at radius 2 is 1.45 bits per heavy atom. The van der Waals surface area contributed by atoms with Crippen molar-refractivity contribution < 1.29 is 29.4 Å². The number of ketones is 1. The van der Waals surface area contributed by atoms with Gasteiger partial charge >= 0.3 is 11.9 Å². The average Bonchev–Trinajstić information content (AvgIpc) is 2.63. The van der Waals surface area contributed by atoms with Gasteiger partial charge < -0.3 is 26.6 Å². The Kier molecular flexibility index (Phi) is 15.1. The molecule has 33 heavy (non-hydrogen) atoms. The molecule has 0 spiro atoms. The summed E-state index contributed by atoms with van der Waals surface area (Å²) in [4.78, 5) is 47.7. The summed E-state index contributed by atoms with van der Waals surface area (Å²) in [5, 5.41) is 24.2. The van der Waals surface area contributed by atoms with E-state index in [1.807, 2.05) is 41.5 Å². The minimum absolute atomic E-state index is 0. The molecule has 0 aromatic rings. The van der Waals surface area contributed by atoms with Gasteiger partial charge in [0.25, 0.3) is 0 Å². The van der Waals surface area contributed by atoms with Gasteiger partial charge in [-0.15, -0.1) is 0 Å². The number of nitrogens with one attached hydrogen (secondary N) is 2. The van der Waals surface area contributed by atoms with E-state index in [1.54, 1.807) is 0 Å². The van der Waals surface area contributed by atoms with Gasteiger partial charge in [0.05, 0.1) is 6.04 Å². The first-order valence-corrected chi connectivity index (χ1v) is 11.3. The fourth-order valence-electron chi connectivity index (χ4n) is 3.53. The van der Waals surface area contributed by atoms with E-state index in [-0.39, 0.29) is 56.4 Å². The molecule has 1 unspecified atom stereocenters. The number of hydrogen-bond acceptors (Lipinski definition) is 6. The molecule has 3 atom stereocenters.